The molecule has 2 aromatic rings. The monoisotopic (exact) mass is 421 g/mol. The minimum atomic E-state index is -4.59. The van der Waals surface area contributed by atoms with E-state index in [9.17, 15) is 26.4 Å². The van der Waals surface area contributed by atoms with Crippen LogP contribution in [0.4, 0.5) is 13.2 Å². The highest BCUT2D eigenvalue weighted by molar-refractivity contribution is 7.89. The molecule has 0 saturated carbocycles. The highest BCUT2D eigenvalue weighted by atomic mass is 35.5. The summed E-state index contributed by atoms with van der Waals surface area (Å²) < 4.78 is 69.0. The second kappa shape index (κ2) is 8.28. The van der Waals surface area contributed by atoms with Crippen LogP contribution < -0.4 is 0 Å². The lowest BCUT2D eigenvalue weighted by Crippen LogP contribution is -2.33. The first-order chi connectivity index (χ1) is 12.5. The van der Waals surface area contributed by atoms with Crippen LogP contribution in [-0.2, 0) is 32.3 Å². The van der Waals surface area contributed by atoms with Crippen LogP contribution in [-0.4, -0.2) is 32.3 Å². The van der Waals surface area contributed by atoms with Crippen LogP contribution >= 0.6 is 11.6 Å². The quantitative estimate of drug-likeness (QED) is 0.667. The maximum absolute atomic E-state index is 12.9. The average molecular weight is 422 g/mol. The average Bonchev–Trinajstić information content (AvgIpc) is 2.59. The van der Waals surface area contributed by atoms with Gasteiger partial charge in [-0.25, -0.2) is 8.42 Å². The van der Waals surface area contributed by atoms with Gasteiger partial charge < -0.3 is 4.74 Å². The van der Waals surface area contributed by atoms with Gasteiger partial charge in [-0.1, -0.05) is 29.8 Å². The van der Waals surface area contributed by atoms with Crippen LogP contribution in [0.1, 0.15) is 11.1 Å². The Balaban J connectivity index is 2.03. The highest BCUT2D eigenvalue weighted by Gasteiger charge is 2.33. The van der Waals surface area contributed by atoms with Crippen molar-refractivity contribution in [3.05, 3.63) is 64.7 Å². The maximum atomic E-state index is 12.9. The lowest BCUT2D eigenvalue weighted by molar-refractivity contribution is -0.147. The summed E-state index contributed by atoms with van der Waals surface area (Å²) in [7, 11) is -2.81. The topological polar surface area (TPSA) is 63.7 Å². The Hall–Kier alpha value is -2.10. The molecule has 5 nitrogen and oxygen atoms in total. The van der Waals surface area contributed by atoms with Crippen LogP contribution in [0.25, 0.3) is 0 Å². The number of alkyl halides is 3. The molecule has 0 saturated heterocycles. The van der Waals surface area contributed by atoms with Crippen molar-refractivity contribution in [2.75, 3.05) is 13.6 Å². The lowest BCUT2D eigenvalue weighted by Gasteiger charge is -2.17. The molecule has 0 N–H and O–H groups in total. The van der Waals surface area contributed by atoms with Crippen molar-refractivity contribution in [1.82, 2.24) is 4.31 Å². The second-order valence-electron chi connectivity index (χ2n) is 5.53. The summed E-state index contributed by atoms with van der Waals surface area (Å²) in [6.07, 6.45) is -4.59. The zero-order chi connectivity index (χ0) is 20.2. The Morgan fingerprint density at radius 1 is 1.11 bits per heavy atom. The Labute approximate surface area is 159 Å². The number of rotatable bonds is 6. The Kier molecular flexibility index (Phi) is 6.50. The van der Waals surface area contributed by atoms with Crippen molar-refractivity contribution < 1.29 is 31.1 Å². The van der Waals surface area contributed by atoms with Crippen molar-refractivity contribution >= 4 is 27.6 Å². The molecule has 2 rings (SSSR count). The molecule has 27 heavy (non-hydrogen) atoms. The molecule has 10 heteroatoms. The molecule has 0 heterocycles. The Bertz CT molecular complexity index is 915. The normalized spacial score (nSPS) is 12.2. The number of benzene rings is 2. The molecule has 0 aliphatic rings. The molecular formula is C17H15ClF3NO4S. The summed E-state index contributed by atoms with van der Waals surface area (Å²) in [4.78, 5) is 11.8. The van der Waals surface area contributed by atoms with Gasteiger partial charge in [-0.05, 0) is 30.3 Å². The standard InChI is InChI=1S/C17H15ClF3NO4S/c1-22(27(24,25)14-8-6-13(18)7-9-14)10-16(23)26-11-12-4-2-3-5-15(12)17(19,20)21/h2-9H,10-11H2,1H3. The predicted octanol–water partition coefficient (Wildman–Crippen LogP) is 3.72. The summed E-state index contributed by atoms with van der Waals surface area (Å²) in [6, 6.07) is 9.99. The molecule has 2 aromatic carbocycles. The number of hydrogen-bond donors (Lipinski definition) is 0. The smallest absolute Gasteiger partial charge is 0.416 e. The summed E-state index contributed by atoms with van der Waals surface area (Å²) in [5, 5.41) is 0.347. The lowest BCUT2D eigenvalue weighted by atomic mass is 10.1. The predicted molar refractivity (Wildman–Crippen MR) is 92.5 cm³/mol. The SMILES string of the molecule is CN(CC(=O)OCc1ccccc1C(F)(F)F)S(=O)(=O)c1ccc(Cl)cc1. The molecule has 0 fully saturated rings. The van der Waals surface area contributed by atoms with Crippen LogP contribution in [0.2, 0.25) is 5.02 Å². The number of carbonyl (C=O) groups excluding carboxylic acids is 1. The van der Waals surface area contributed by atoms with Crippen LogP contribution in [0.15, 0.2) is 53.4 Å². The van der Waals surface area contributed by atoms with Crippen molar-refractivity contribution in [2.24, 2.45) is 0 Å². The van der Waals surface area contributed by atoms with Gasteiger partial charge in [0.2, 0.25) is 10.0 Å². The van der Waals surface area contributed by atoms with E-state index in [1.807, 2.05) is 0 Å². The van der Waals surface area contributed by atoms with E-state index in [1.54, 1.807) is 0 Å². The van der Waals surface area contributed by atoms with E-state index in [2.05, 4.69) is 0 Å². The van der Waals surface area contributed by atoms with Crippen molar-refractivity contribution in [1.29, 1.82) is 0 Å². The number of sulfonamides is 1. The first-order valence-electron chi connectivity index (χ1n) is 7.54. The van der Waals surface area contributed by atoms with Crippen molar-refractivity contribution in [3.63, 3.8) is 0 Å². The molecule has 0 aromatic heterocycles. The molecule has 0 aliphatic carbocycles. The molecule has 0 amide bonds. The zero-order valence-corrected chi connectivity index (χ0v) is 15.6. The minimum absolute atomic E-state index is 0.0791. The number of nitrogens with zero attached hydrogens (tertiary/aromatic N) is 1. The van der Waals surface area contributed by atoms with Gasteiger partial charge in [0.25, 0.3) is 0 Å². The molecule has 0 spiro atoms. The number of hydrogen-bond acceptors (Lipinski definition) is 4. The maximum Gasteiger partial charge on any atom is 0.416 e. The largest absolute Gasteiger partial charge is 0.460 e. The number of esters is 1. The van der Waals surface area contributed by atoms with Gasteiger partial charge in [0.15, 0.2) is 0 Å². The molecular weight excluding hydrogens is 407 g/mol. The third-order valence-electron chi connectivity index (χ3n) is 3.59. The minimum Gasteiger partial charge on any atom is -0.460 e. The number of likely N-dealkylation sites (N-methyl/N-ethyl adjacent to an activating group) is 1. The van der Waals surface area contributed by atoms with E-state index >= 15 is 0 Å². The van der Waals surface area contributed by atoms with Crippen LogP contribution in [0.5, 0.6) is 0 Å². The van der Waals surface area contributed by atoms with Gasteiger partial charge in [0, 0.05) is 17.6 Å². The Morgan fingerprint density at radius 3 is 2.30 bits per heavy atom. The van der Waals surface area contributed by atoms with Crippen molar-refractivity contribution in [2.45, 2.75) is 17.7 Å². The third kappa shape index (κ3) is 5.44. The van der Waals surface area contributed by atoms with E-state index in [4.69, 9.17) is 16.3 Å². The van der Waals surface area contributed by atoms with Gasteiger partial charge in [0.1, 0.15) is 13.2 Å². The molecule has 0 radical (unpaired) electrons. The number of halogens is 4. The van der Waals surface area contributed by atoms with Gasteiger partial charge in [-0.3, -0.25) is 4.79 Å². The number of ether oxygens (including phenoxy) is 1. The molecule has 146 valence electrons. The van der Waals surface area contributed by atoms with Crippen molar-refractivity contribution in [3.8, 4) is 0 Å². The molecule has 0 aliphatic heterocycles. The highest BCUT2D eigenvalue weighted by Crippen LogP contribution is 2.32. The first-order valence-corrected chi connectivity index (χ1v) is 9.36. The zero-order valence-electron chi connectivity index (χ0n) is 14.0. The van der Waals surface area contributed by atoms with Gasteiger partial charge in [0.05, 0.1) is 10.5 Å². The molecule has 0 bridgehead atoms. The Morgan fingerprint density at radius 2 is 1.70 bits per heavy atom. The number of carbonyl (C=O) groups is 1. The van der Waals surface area contributed by atoms with Crippen LogP contribution in [0, 0.1) is 0 Å². The third-order valence-corrected chi connectivity index (χ3v) is 5.65. The summed E-state index contributed by atoms with van der Waals surface area (Å²) in [5.74, 6) is -0.980. The summed E-state index contributed by atoms with van der Waals surface area (Å²) in [5.41, 5.74) is -1.14. The van der Waals surface area contributed by atoms with E-state index in [-0.39, 0.29) is 10.5 Å². The van der Waals surface area contributed by atoms with E-state index in [1.165, 1.54) is 42.5 Å². The fourth-order valence-corrected chi connectivity index (χ4v) is 3.42. The first kappa shape index (κ1) is 21.2. The van der Waals surface area contributed by atoms with E-state index in [0.717, 1.165) is 17.4 Å². The van der Waals surface area contributed by atoms with Gasteiger partial charge in [-0.2, -0.15) is 17.5 Å². The summed E-state index contributed by atoms with van der Waals surface area (Å²) >= 11 is 5.71. The second-order valence-corrected chi connectivity index (χ2v) is 8.01. The fraction of sp³-hybridized carbons (Fsp3) is 0.235. The van der Waals surface area contributed by atoms with Crippen LogP contribution in [0.3, 0.4) is 0 Å². The van der Waals surface area contributed by atoms with E-state index < -0.39 is 40.9 Å². The van der Waals surface area contributed by atoms with E-state index in [0.29, 0.717) is 5.02 Å². The molecule has 0 unspecified atom stereocenters. The van der Waals surface area contributed by atoms with Gasteiger partial charge in [-0.15, -0.1) is 0 Å². The van der Waals surface area contributed by atoms with Gasteiger partial charge >= 0.3 is 12.1 Å². The summed E-state index contributed by atoms with van der Waals surface area (Å²) in [6.45, 7) is -1.28. The molecule has 0 atom stereocenters. The fourth-order valence-electron chi connectivity index (χ4n) is 2.18.